The van der Waals surface area contributed by atoms with Crippen LogP contribution in [0.15, 0.2) is 12.2 Å². The number of alkyl halides is 3. The average Bonchev–Trinajstić information content (AvgIpc) is 2.90. The highest BCUT2D eigenvalue weighted by Crippen LogP contribution is 2.26. The van der Waals surface area contributed by atoms with Gasteiger partial charge in [-0.1, -0.05) is 12.2 Å². The molecule has 1 aliphatic heterocycles. The number of piperazine rings is 1. The lowest BCUT2D eigenvalue weighted by atomic mass is 10.0. The average molecular weight is 290 g/mol. The molecule has 114 valence electrons. The first-order valence-corrected chi connectivity index (χ1v) is 7.13. The molecule has 1 heterocycles. The summed E-state index contributed by atoms with van der Waals surface area (Å²) in [5.41, 5.74) is 0. The lowest BCUT2D eigenvalue weighted by Gasteiger charge is -2.38. The van der Waals surface area contributed by atoms with Gasteiger partial charge >= 0.3 is 6.18 Å². The van der Waals surface area contributed by atoms with Gasteiger partial charge in [0.05, 0.1) is 0 Å². The summed E-state index contributed by atoms with van der Waals surface area (Å²) in [5.74, 6) is 0.385. The molecule has 0 N–H and O–H groups in total. The van der Waals surface area contributed by atoms with Crippen LogP contribution in [0, 0.1) is 5.92 Å². The number of nitrogens with zero attached hydrogens (tertiary/aromatic N) is 2. The van der Waals surface area contributed by atoms with Crippen LogP contribution in [0.4, 0.5) is 13.2 Å². The smallest absolute Gasteiger partial charge is 0.340 e. The molecule has 1 fully saturated rings. The highest BCUT2D eigenvalue weighted by atomic mass is 19.4. The number of allylic oxidation sites excluding steroid dienone is 2. The van der Waals surface area contributed by atoms with Gasteiger partial charge in [-0.15, -0.1) is 0 Å². The van der Waals surface area contributed by atoms with Crippen LogP contribution in [-0.4, -0.2) is 54.1 Å². The molecule has 20 heavy (non-hydrogen) atoms. The SMILES string of the molecule is C[C@@H](N1CCN(C(=O)C[C@H]2C=CCC2)CC1)C(F)(F)F. The fraction of sp³-hybridized carbons (Fsp3) is 0.786. The van der Waals surface area contributed by atoms with Crippen molar-refractivity contribution in [3.8, 4) is 0 Å². The first-order valence-electron chi connectivity index (χ1n) is 7.13. The van der Waals surface area contributed by atoms with Crippen molar-refractivity contribution < 1.29 is 18.0 Å². The van der Waals surface area contributed by atoms with E-state index in [1.165, 1.54) is 11.8 Å². The zero-order valence-corrected chi connectivity index (χ0v) is 11.7. The molecule has 2 aliphatic rings. The first kappa shape index (κ1) is 15.4. The van der Waals surface area contributed by atoms with Crippen LogP contribution in [0.25, 0.3) is 0 Å². The summed E-state index contributed by atoms with van der Waals surface area (Å²) in [6.07, 6.45) is 2.48. The number of carbonyl (C=O) groups excluding carboxylic acids is 1. The second-order valence-corrected chi connectivity index (χ2v) is 5.60. The molecule has 2 rings (SSSR count). The van der Waals surface area contributed by atoms with Crippen LogP contribution in [0.1, 0.15) is 26.2 Å². The fourth-order valence-corrected chi connectivity index (χ4v) is 2.78. The first-order chi connectivity index (χ1) is 9.38. The highest BCUT2D eigenvalue weighted by Gasteiger charge is 2.41. The maximum absolute atomic E-state index is 12.6. The Labute approximate surface area is 117 Å². The minimum Gasteiger partial charge on any atom is -0.340 e. The van der Waals surface area contributed by atoms with E-state index in [4.69, 9.17) is 0 Å². The third-order valence-corrected chi connectivity index (χ3v) is 4.24. The number of carbonyl (C=O) groups is 1. The molecule has 1 aliphatic carbocycles. The Hall–Kier alpha value is -1.04. The topological polar surface area (TPSA) is 23.6 Å². The van der Waals surface area contributed by atoms with Crippen molar-refractivity contribution in [3.05, 3.63) is 12.2 Å². The van der Waals surface area contributed by atoms with Crippen molar-refractivity contribution in [2.24, 2.45) is 5.92 Å². The zero-order chi connectivity index (χ0) is 14.8. The minimum atomic E-state index is -4.19. The highest BCUT2D eigenvalue weighted by molar-refractivity contribution is 5.76. The van der Waals surface area contributed by atoms with Crippen molar-refractivity contribution in [2.45, 2.75) is 38.4 Å². The standard InChI is InChI=1S/C14H21F3N2O/c1-11(14(15,16)17)18-6-8-19(9-7-18)13(20)10-12-4-2-3-5-12/h2,4,11-12H,3,5-10H2,1H3/t11-,12+/m1/s1. The second kappa shape index (κ2) is 6.16. The van der Waals surface area contributed by atoms with Crippen LogP contribution >= 0.6 is 0 Å². The molecule has 0 aromatic carbocycles. The summed E-state index contributed by atoms with van der Waals surface area (Å²) in [4.78, 5) is 15.2. The van der Waals surface area contributed by atoms with E-state index >= 15 is 0 Å². The number of hydrogen-bond donors (Lipinski definition) is 0. The van der Waals surface area contributed by atoms with Gasteiger partial charge in [0.1, 0.15) is 6.04 Å². The van der Waals surface area contributed by atoms with E-state index in [1.807, 2.05) is 0 Å². The second-order valence-electron chi connectivity index (χ2n) is 5.60. The van der Waals surface area contributed by atoms with Gasteiger partial charge in [-0.2, -0.15) is 13.2 Å². The molecule has 0 aromatic heterocycles. The number of halogens is 3. The monoisotopic (exact) mass is 290 g/mol. The summed E-state index contributed by atoms with van der Waals surface area (Å²) in [6.45, 7) is 2.58. The minimum absolute atomic E-state index is 0.0702. The Balaban J connectivity index is 1.78. The maximum atomic E-state index is 12.6. The van der Waals surface area contributed by atoms with Gasteiger partial charge in [0, 0.05) is 32.6 Å². The third-order valence-electron chi connectivity index (χ3n) is 4.24. The number of hydrogen-bond acceptors (Lipinski definition) is 2. The zero-order valence-electron chi connectivity index (χ0n) is 11.7. The molecule has 0 spiro atoms. The molecular formula is C14H21F3N2O. The van der Waals surface area contributed by atoms with E-state index in [0.29, 0.717) is 38.5 Å². The van der Waals surface area contributed by atoms with Crippen LogP contribution in [-0.2, 0) is 4.79 Å². The van der Waals surface area contributed by atoms with Crippen molar-refractivity contribution in [1.29, 1.82) is 0 Å². The molecule has 0 unspecified atom stereocenters. The van der Waals surface area contributed by atoms with Gasteiger partial charge in [0.25, 0.3) is 0 Å². The van der Waals surface area contributed by atoms with Crippen molar-refractivity contribution in [2.75, 3.05) is 26.2 Å². The van der Waals surface area contributed by atoms with E-state index in [1.54, 1.807) is 4.90 Å². The summed E-state index contributed by atoms with van der Waals surface area (Å²) >= 11 is 0. The predicted octanol–water partition coefficient (Wildman–Crippen LogP) is 2.44. The fourth-order valence-electron chi connectivity index (χ4n) is 2.78. The van der Waals surface area contributed by atoms with Crippen LogP contribution < -0.4 is 0 Å². The molecule has 1 saturated heterocycles. The van der Waals surface area contributed by atoms with Gasteiger partial charge in [0.2, 0.25) is 5.91 Å². The van der Waals surface area contributed by atoms with Gasteiger partial charge in [-0.25, -0.2) is 0 Å². The molecular weight excluding hydrogens is 269 g/mol. The molecule has 3 nitrogen and oxygen atoms in total. The molecule has 6 heteroatoms. The molecule has 2 atom stereocenters. The molecule has 0 aromatic rings. The number of amides is 1. The predicted molar refractivity (Wildman–Crippen MR) is 70.2 cm³/mol. The van der Waals surface area contributed by atoms with E-state index in [0.717, 1.165) is 12.8 Å². The summed E-state index contributed by atoms with van der Waals surface area (Å²) in [5, 5.41) is 0. The van der Waals surface area contributed by atoms with Crippen LogP contribution in [0.3, 0.4) is 0 Å². The van der Waals surface area contributed by atoms with E-state index in [-0.39, 0.29) is 5.91 Å². The Bertz CT molecular complexity index is 373. The van der Waals surface area contributed by atoms with Gasteiger partial charge < -0.3 is 4.90 Å². The van der Waals surface area contributed by atoms with Crippen LogP contribution in [0.2, 0.25) is 0 Å². The quantitative estimate of drug-likeness (QED) is 0.745. The Kier molecular flexibility index (Phi) is 4.73. The van der Waals surface area contributed by atoms with E-state index in [2.05, 4.69) is 12.2 Å². The molecule has 0 saturated carbocycles. The van der Waals surface area contributed by atoms with Crippen molar-refractivity contribution in [1.82, 2.24) is 9.80 Å². The Morgan fingerprint density at radius 3 is 2.45 bits per heavy atom. The molecule has 0 bridgehead atoms. The normalized spacial score (nSPS) is 26.0. The third kappa shape index (κ3) is 3.75. The maximum Gasteiger partial charge on any atom is 0.403 e. The lowest BCUT2D eigenvalue weighted by Crippen LogP contribution is -2.54. The van der Waals surface area contributed by atoms with Crippen molar-refractivity contribution in [3.63, 3.8) is 0 Å². The molecule has 0 radical (unpaired) electrons. The summed E-state index contributed by atoms with van der Waals surface area (Å²) in [7, 11) is 0. The Morgan fingerprint density at radius 2 is 1.95 bits per heavy atom. The Morgan fingerprint density at radius 1 is 1.30 bits per heavy atom. The van der Waals surface area contributed by atoms with Gasteiger partial charge in [-0.05, 0) is 25.7 Å². The summed E-state index contributed by atoms with van der Waals surface area (Å²) in [6, 6.07) is -1.43. The van der Waals surface area contributed by atoms with E-state index < -0.39 is 12.2 Å². The van der Waals surface area contributed by atoms with Gasteiger partial charge in [-0.3, -0.25) is 9.69 Å². The largest absolute Gasteiger partial charge is 0.403 e. The van der Waals surface area contributed by atoms with Gasteiger partial charge in [0.15, 0.2) is 0 Å². The van der Waals surface area contributed by atoms with Crippen LogP contribution in [0.5, 0.6) is 0 Å². The van der Waals surface area contributed by atoms with Crippen molar-refractivity contribution >= 4 is 5.91 Å². The summed E-state index contributed by atoms with van der Waals surface area (Å²) < 4.78 is 37.9. The lowest BCUT2D eigenvalue weighted by molar-refractivity contribution is -0.183. The van der Waals surface area contributed by atoms with E-state index in [9.17, 15) is 18.0 Å². The number of rotatable bonds is 3. The molecule has 1 amide bonds.